The number of β-amino-alcohol motifs (C(OH)–C–C–N with tert-alkyl or cyclic N) is 1. The Kier molecular flexibility index (Phi) is 17.0. The first-order valence-electron chi connectivity index (χ1n) is 22.9. The van der Waals surface area contributed by atoms with E-state index >= 15 is 0 Å². The number of likely N-dealkylation sites (N-methyl/N-ethyl adjacent to an activating group) is 1. The van der Waals surface area contributed by atoms with E-state index in [1.165, 1.54) is 28.4 Å². The monoisotopic (exact) mass is 981 g/mol. The quantitative estimate of drug-likeness (QED) is 0.0511. The minimum atomic E-state index is -0.975. The predicted octanol–water partition coefficient (Wildman–Crippen LogP) is 8.35. The molecule has 3 heterocycles. The average Bonchev–Trinajstić information content (AvgIpc) is 4.04. The summed E-state index contributed by atoms with van der Waals surface area (Å²) >= 11 is 3.03. The Morgan fingerprint density at radius 1 is 0.884 bits per heavy atom. The maximum Gasteiger partial charge on any atom is 0.246 e. The number of hydrogen-bond acceptors (Lipinski definition) is 13. The number of aryl methyl sites for hydroxylation is 1. The van der Waals surface area contributed by atoms with Crippen molar-refractivity contribution in [1.82, 2.24) is 25.4 Å². The van der Waals surface area contributed by atoms with Crippen molar-refractivity contribution in [2.24, 2.45) is 5.41 Å². The summed E-state index contributed by atoms with van der Waals surface area (Å²) in [4.78, 5) is 50.4. The minimum absolute atomic E-state index is 0.0246. The molecule has 17 heteroatoms. The second kappa shape index (κ2) is 23.1. The van der Waals surface area contributed by atoms with E-state index in [4.69, 9.17) is 18.9 Å². The lowest BCUT2D eigenvalue weighted by molar-refractivity contribution is -0.144. The molecule has 1 aliphatic heterocycles. The number of nitrogens with one attached hydrogen (secondary N) is 2. The van der Waals surface area contributed by atoms with Gasteiger partial charge in [0, 0.05) is 36.1 Å². The molecule has 4 N–H and O–H groups in total. The van der Waals surface area contributed by atoms with Crippen LogP contribution in [0.4, 0.5) is 4.39 Å². The van der Waals surface area contributed by atoms with Gasteiger partial charge in [-0.15, -0.1) is 22.7 Å². The number of nitrogens with zero attached hydrogens (tertiary/aromatic N) is 3. The summed E-state index contributed by atoms with van der Waals surface area (Å²) in [5, 5.41) is 27.4. The number of halogens is 1. The smallest absolute Gasteiger partial charge is 0.246 e. The van der Waals surface area contributed by atoms with Gasteiger partial charge in [-0.1, -0.05) is 57.2 Å². The molecule has 7 rings (SSSR count). The van der Waals surface area contributed by atoms with Crippen molar-refractivity contribution >= 4 is 50.5 Å². The van der Waals surface area contributed by atoms with Crippen LogP contribution >= 0.6 is 22.7 Å². The SMILES string of the molecule is Cc1ncsc1-c1ccc([C@H](C)NC(=O)[C@@H]2C[C@@H](O)CN2C(=O)C(NC(=O)COCCOCCN(C)CCOc2ccc(Oc3c(-c4ccc(F)cc4)sc4cc(O)ccc34)cc2)C(C)(C)C)cc1. The molecule has 0 bridgehead atoms. The summed E-state index contributed by atoms with van der Waals surface area (Å²) in [6, 6.07) is 24.4. The van der Waals surface area contributed by atoms with Gasteiger partial charge in [-0.05, 0) is 97.6 Å². The number of benzene rings is 4. The van der Waals surface area contributed by atoms with E-state index in [1.807, 2.05) is 102 Å². The van der Waals surface area contributed by atoms with E-state index in [2.05, 4.69) is 20.5 Å². The number of likely N-dealkylation sites (tertiary alicyclic amines) is 1. The Morgan fingerprint density at radius 3 is 2.25 bits per heavy atom. The van der Waals surface area contributed by atoms with Gasteiger partial charge in [-0.3, -0.25) is 14.4 Å². The van der Waals surface area contributed by atoms with Gasteiger partial charge >= 0.3 is 0 Å². The van der Waals surface area contributed by atoms with E-state index in [0.717, 1.165) is 42.2 Å². The summed E-state index contributed by atoms with van der Waals surface area (Å²) in [6.07, 6.45) is -0.797. The van der Waals surface area contributed by atoms with Gasteiger partial charge < -0.3 is 49.6 Å². The van der Waals surface area contributed by atoms with Crippen LogP contribution in [0.15, 0.2) is 96.5 Å². The molecule has 14 nitrogen and oxygen atoms in total. The van der Waals surface area contributed by atoms with Crippen LogP contribution in [-0.2, 0) is 23.9 Å². The van der Waals surface area contributed by atoms with Gasteiger partial charge in [0.2, 0.25) is 17.7 Å². The van der Waals surface area contributed by atoms with Gasteiger partial charge in [0.25, 0.3) is 0 Å². The maximum atomic E-state index is 14.0. The lowest BCUT2D eigenvalue weighted by atomic mass is 9.85. The van der Waals surface area contributed by atoms with Crippen LogP contribution in [0.3, 0.4) is 0 Å². The first-order valence-corrected chi connectivity index (χ1v) is 24.6. The zero-order valence-electron chi connectivity index (χ0n) is 39.7. The third kappa shape index (κ3) is 13.4. The van der Waals surface area contributed by atoms with E-state index in [9.17, 15) is 29.0 Å². The molecule has 1 fully saturated rings. The normalized spacial score (nSPS) is 15.9. The second-order valence-corrected chi connectivity index (χ2v) is 20.1. The molecule has 2 aromatic heterocycles. The molecular formula is C52H60FN5O9S2. The number of phenols is 1. The number of thiophene rings is 1. The highest BCUT2D eigenvalue weighted by Gasteiger charge is 2.44. The number of carbonyl (C=O) groups excluding carboxylic acids is 3. The average molecular weight is 982 g/mol. The van der Waals surface area contributed by atoms with Crippen LogP contribution < -0.4 is 20.1 Å². The zero-order valence-corrected chi connectivity index (χ0v) is 41.3. The van der Waals surface area contributed by atoms with Gasteiger partial charge in [-0.2, -0.15) is 0 Å². The third-order valence-electron chi connectivity index (χ3n) is 11.8. The molecule has 69 heavy (non-hydrogen) atoms. The summed E-state index contributed by atoms with van der Waals surface area (Å²) < 4.78 is 38.2. The largest absolute Gasteiger partial charge is 0.508 e. The molecule has 0 saturated carbocycles. The lowest BCUT2D eigenvalue weighted by Crippen LogP contribution is -2.58. The van der Waals surface area contributed by atoms with Crippen molar-refractivity contribution in [3.05, 3.63) is 114 Å². The number of ether oxygens (including phenoxy) is 4. The van der Waals surface area contributed by atoms with Crippen LogP contribution in [0.1, 0.15) is 51.4 Å². The number of phenolic OH excluding ortho intramolecular Hbond substituents is 1. The highest BCUT2D eigenvalue weighted by Crippen LogP contribution is 2.47. The fourth-order valence-corrected chi connectivity index (χ4v) is 9.91. The number of thiazole rings is 1. The molecule has 3 amide bonds. The Hall–Kier alpha value is -5.95. The predicted molar refractivity (Wildman–Crippen MR) is 266 cm³/mol. The molecule has 1 aliphatic rings. The molecule has 1 saturated heterocycles. The number of aromatic nitrogens is 1. The second-order valence-electron chi connectivity index (χ2n) is 18.2. The van der Waals surface area contributed by atoms with Crippen molar-refractivity contribution in [1.29, 1.82) is 0 Å². The topological polar surface area (TPSA) is 172 Å². The standard InChI is InChI=1S/C52H60FN5O9S2/c1-32(34-7-9-35(10-8-34)47-33(2)54-31-68-47)55-50(62)43-27-39(60)29-58(43)51(63)49(52(3,4)5)56-45(61)30-65-26-25-64-23-21-57(6)22-24-66-40-16-18-41(19-17-40)67-46-42-20-15-38(59)28-44(42)69-48(46)36-11-13-37(53)14-12-36/h7-20,28,31-32,39,43,49,59-60H,21-27,29-30H2,1-6H3,(H,55,62)(H,56,61)/t32-,39+,43-,49?/m0/s1. The number of hydrogen-bond donors (Lipinski definition) is 4. The summed E-state index contributed by atoms with van der Waals surface area (Å²) in [6.45, 7) is 11.6. The summed E-state index contributed by atoms with van der Waals surface area (Å²) in [5.41, 5.74) is 4.81. The van der Waals surface area contributed by atoms with Crippen molar-refractivity contribution < 1.29 is 47.9 Å². The highest BCUT2D eigenvalue weighted by atomic mass is 32.1. The minimum Gasteiger partial charge on any atom is -0.508 e. The first-order chi connectivity index (χ1) is 33.0. The van der Waals surface area contributed by atoms with Gasteiger partial charge in [0.15, 0.2) is 5.75 Å². The molecule has 1 unspecified atom stereocenters. The molecule has 4 aromatic carbocycles. The van der Waals surface area contributed by atoms with Gasteiger partial charge in [0.1, 0.15) is 48.4 Å². The summed E-state index contributed by atoms with van der Waals surface area (Å²) in [7, 11) is 1.96. The van der Waals surface area contributed by atoms with Crippen molar-refractivity contribution in [3.8, 4) is 43.9 Å². The highest BCUT2D eigenvalue weighted by molar-refractivity contribution is 7.22. The Bertz CT molecular complexity index is 2670. The van der Waals surface area contributed by atoms with Crippen molar-refractivity contribution in [3.63, 3.8) is 0 Å². The molecular weight excluding hydrogens is 922 g/mol. The van der Waals surface area contributed by atoms with Gasteiger partial charge in [-0.25, -0.2) is 9.37 Å². The van der Waals surface area contributed by atoms with Crippen molar-refractivity contribution in [2.75, 3.05) is 59.7 Å². The molecule has 4 atom stereocenters. The number of amides is 3. The lowest BCUT2D eigenvalue weighted by Gasteiger charge is -2.35. The van der Waals surface area contributed by atoms with Gasteiger partial charge in [0.05, 0.1) is 52.9 Å². The van der Waals surface area contributed by atoms with Crippen LogP contribution in [0.5, 0.6) is 23.0 Å². The number of fused-ring (bicyclic) bond motifs is 1. The number of aliphatic hydroxyl groups is 1. The Balaban J connectivity index is 0.792. The number of rotatable bonds is 21. The maximum absolute atomic E-state index is 14.0. The van der Waals surface area contributed by atoms with E-state index in [1.54, 1.807) is 35.6 Å². The van der Waals surface area contributed by atoms with Crippen LogP contribution in [0, 0.1) is 18.2 Å². The molecule has 6 aromatic rings. The molecule has 366 valence electrons. The molecule has 0 spiro atoms. The van der Waals surface area contributed by atoms with Crippen LogP contribution in [0.2, 0.25) is 0 Å². The van der Waals surface area contributed by atoms with Crippen LogP contribution in [-0.4, -0.2) is 121 Å². The Morgan fingerprint density at radius 2 is 1.55 bits per heavy atom. The number of aromatic hydroxyl groups is 1. The zero-order chi connectivity index (χ0) is 49.2. The molecule has 0 radical (unpaired) electrons. The van der Waals surface area contributed by atoms with E-state index < -0.39 is 35.4 Å². The van der Waals surface area contributed by atoms with Crippen molar-refractivity contribution in [2.45, 2.75) is 65.3 Å². The third-order valence-corrected chi connectivity index (χ3v) is 14.0. The fourth-order valence-electron chi connectivity index (χ4n) is 7.93. The fraction of sp³-hybridized carbons (Fsp3) is 0.385. The number of aliphatic hydroxyl groups excluding tert-OH is 1. The van der Waals surface area contributed by atoms with Crippen LogP contribution in [0.25, 0.3) is 31.0 Å². The Labute approximate surface area is 410 Å². The molecule has 0 aliphatic carbocycles. The van der Waals surface area contributed by atoms with E-state index in [-0.39, 0.29) is 56.3 Å². The number of carbonyl (C=O) groups is 3. The van der Waals surface area contributed by atoms with E-state index in [0.29, 0.717) is 43.6 Å². The summed E-state index contributed by atoms with van der Waals surface area (Å²) in [5.74, 6) is 0.429. The first kappa shape index (κ1) is 50.9.